The number of unbranched alkanes of at least 4 members (excludes halogenated alkanes) is 11. The molecule has 0 atom stereocenters. The van der Waals surface area contributed by atoms with Gasteiger partial charge in [-0.05, 0) is 6.42 Å². The van der Waals surface area contributed by atoms with E-state index in [4.69, 9.17) is 0 Å². The molecule has 0 unspecified atom stereocenters. The Morgan fingerprint density at radius 1 is 0.611 bits per heavy atom. The van der Waals surface area contributed by atoms with E-state index in [1.54, 1.807) is 0 Å². The Kier molecular flexibility index (Phi) is 14.5. The summed E-state index contributed by atoms with van der Waals surface area (Å²) >= 11 is 0. The topological polar surface area (TPSA) is 17.1 Å². The molecule has 0 aliphatic carbocycles. The van der Waals surface area contributed by atoms with E-state index in [1.807, 2.05) is 6.92 Å². The first-order valence-electron chi connectivity index (χ1n) is 8.33. The zero-order chi connectivity index (χ0) is 13.5. The minimum atomic E-state index is 0.432. The van der Waals surface area contributed by atoms with Crippen molar-refractivity contribution in [3.63, 3.8) is 0 Å². The number of hydrogen-bond donors (Lipinski definition) is 0. The first-order chi connectivity index (χ1) is 8.81. The van der Waals surface area contributed by atoms with Crippen LogP contribution < -0.4 is 0 Å². The van der Waals surface area contributed by atoms with E-state index in [-0.39, 0.29) is 0 Å². The number of Topliss-reactive ketones (excluding diaryl/α,β-unsaturated/α-hetero) is 1. The Labute approximate surface area is 115 Å². The molecule has 108 valence electrons. The van der Waals surface area contributed by atoms with Crippen LogP contribution >= 0.6 is 0 Å². The summed E-state index contributed by atoms with van der Waals surface area (Å²) in [5.74, 6) is 0.432. The van der Waals surface area contributed by atoms with E-state index < -0.39 is 0 Å². The molecule has 0 saturated heterocycles. The van der Waals surface area contributed by atoms with E-state index in [0.717, 1.165) is 19.3 Å². The molecule has 0 aromatic heterocycles. The molecule has 0 aliphatic heterocycles. The van der Waals surface area contributed by atoms with Crippen molar-refractivity contribution in [2.75, 3.05) is 0 Å². The lowest BCUT2D eigenvalue weighted by Gasteiger charge is -2.02. The van der Waals surface area contributed by atoms with Crippen LogP contribution in [0.3, 0.4) is 0 Å². The maximum absolute atomic E-state index is 11.1. The van der Waals surface area contributed by atoms with Crippen LogP contribution in [0.15, 0.2) is 0 Å². The van der Waals surface area contributed by atoms with Gasteiger partial charge in [0.1, 0.15) is 5.78 Å². The average molecular weight is 254 g/mol. The molecule has 0 spiro atoms. The molecule has 1 heteroatoms. The maximum Gasteiger partial charge on any atom is 0.132 e. The van der Waals surface area contributed by atoms with Gasteiger partial charge in [0.25, 0.3) is 0 Å². The van der Waals surface area contributed by atoms with Crippen molar-refractivity contribution in [1.82, 2.24) is 0 Å². The number of ketones is 1. The zero-order valence-corrected chi connectivity index (χ0v) is 12.8. The van der Waals surface area contributed by atoms with Gasteiger partial charge in [-0.15, -0.1) is 0 Å². The molecule has 0 aromatic rings. The number of carbonyl (C=O) groups excluding carboxylic acids is 1. The Morgan fingerprint density at radius 2 is 1.00 bits per heavy atom. The van der Waals surface area contributed by atoms with E-state index in [2.05, 4.69) is 6.92 Å². The molecular formula is C17H34O. The molecular weight excluding hydrogens is 220 g/mol. The molecule has 0 radical (unpaired) electrons. The Balaban J connectivity index is 2.97. The van der Waals surface area contributed by atoms with Gasteiger partial charge in [0.15, 0.2) is 0 Å². The van der Waals surface area contributed by atoms with E-state index in [0.29, 0.717) is 5.78 Å². The van der Waals surface area contributed by atoms with E-state index >= 15 is 0 Å². The standard InChI is InChI=1S/C17H34O/c1-3-5-6-7-8-9-10-11-12-13-14-15-16-17(18)4-2/h3-16H2,1-2H3. The third kappa shape index (κ3) is 13.7. The monoisotopic (exact) mass is 254 g/mol. The van der Waals surface area contributed by atoms with Gasteiger partial charge < -0.3 is 0 Å². The summed E-state index contributed by atoms with van der Waals surface area (Å²) in [7, 11) is 0. The zero-order valence-electron chi connectivity index (χ0n) is 12.8. The lowest BCUT2D eigenvalue weighted by atomic mass is 10.0. The van der Waals surface area contributed by atoms with Gasteiger partial charge in [-0.3, -0.25) is 4.79 Å². The highest BCUT2D eigenvalue weighted by Gasteiger charge is 1.97. The van der Waals surface area contributed by atoms with Gasteiger partial charge in [0.2, 0.25) is 0 Å². The van der Waals surface area contributed by atoms with Crippen LogP contribution in [-0.4, -0.2) is 5.78 Å². The second-order valence-electron chi connectivity index (χ2n) is 5.53. The number of hydrogen-bond acceptors (Lipinski definition) is 1. The first-order valence-corrected chi connectivity index (χ1v) is 8.33. The minimum Gasteiger partial charge on any atom is -0.300 e. The fourth-order valence-electron chi connectivity index (χ4n) is 2.34. The van der Waals surface area contributed by atoms with Crippen LogP contribution in [0, 0.1) is 0 Å². The van der Waals surface area contributed by atoms with Gasteiger partial charge in [-0.25, -0.2) is 0 Å². The van der Waals surface area contributed by atoms with Crippen LogP contribution in [0.4, 0.5) is 0 Å². The van der Waals surface area contributed by atoms with Crippen LogP contribution in [0.1, 0.15) is 104 Å². The fourth-order valence-corrected chi connectivity index (χ4v) is 2.34. The van der Waals surface area contributed by atoms with Crippen LogP contribution in [0.5, 0.6) is 0 Å². The molecule has 0 saturated carbocycles. The normalized spacial score (nSPS) is 10.8. The fraction of sp³-hybridized carbons (Fsp3) is 0.941. The highest BCUT2D eigenvalue weighted by Crippen LogP contribution is 2.12. The van der Waals surface area contributed by atoms with Gasteiger partial charge >= 0.3 is 0 Å². The summed E-state index contributed by atoms with van der Waals surface area (Å²) in [6, 6.07) is 0. The van der Waals surface area contributed by atoms with Crippen LogP contribution in [0.25, 0.3) is 0 Å². The van der Waals surface area contributed by atoms with E-state index in [1.165, 1.54) is 70.6 Å². The van der Waals surface area contributed by atoms with Crippen molar-refractivity contribution in [3.8, 4) is 0 Å². The molecule has 18 heavy (non-hydrogen) atoms. The predicted octanol–water partition coefficient (Wildman–Crippen LogP) is 6.06. The van der Waals surface area contributed by atoms with Gasteiger partial charge in [-0.1, -0.05) is 84.5 Å². The highest BCUT2D eigenvalue weighted by molar-refractivity contribution is 5.77. The van der Waals surface area contributed by atoms with Crippen molar-refractivity contribution in [1.29, 1.82) is 0 Å². The van der Waals surface area contributed by atoms with Gasteiger partial charge in [-0.2, -0.15) is 0 Å². The first kappa shape index (κ1) is 17.7. The molecule has 0 fully saturated rings. The summed E-state index contributed by atoms with van der Waals surface area (Å²) in [5.41, 5.74) is 0. The van der Waals surface area contributed by atoms with Crippen molar-refractivity contribution in [3.05, 3.63) is 0 Å². The summed E-state index contributed by atoms with van der Waals surface area (Å²) in [6.07, 6.45) is 17.9. The third-order valence-electron chi connectivity index (χ3n) is 3.70. The molecule has 0 aliphatic rings. The summed E-state index contributed by atoms with van der Waals surface area (Å²) < 4.78 is 0. The molecule has 0 rings (SSSR count). The molecule has 0 N–H and O–H groups in total. The lowest BCUT2D eigenvalue weighted by molar-refractivity contribution is -0.118. The Bertz CT molecular complexity index is 174. The quantitative estimate of drug-likeness (QED) is 0.344. The van der Waals surface area contributed by atoms with Crippen molar-refractivity contribution >= 4 is 5.78 Å². The molecule has 0 heterocycles. The van der Waals surface area contributed by atoms with Gasteiger partial charge in [0.05, 0.1) is 0 Å². The second-order valence-corrected chi connectivity index (χ2v) is 5.53. The highest BCUT2D eigenvalue weighted by atomic mass is 16.1. The average Bonchev–Trinajstić information content (AvgIpc) is 2.39. The van der Waals surface area contributed by atoms with Crippen molar-refractivity contribution in [2.24, 2.45) is 0 Å². The van der Waals surface area contributed by atoms with Crippen LogP contribution in [-0.2, 0) is 4.79 Å². The van der Waals surface area contributed by atoms with Crippen molar-refractivity contribution < 1.29 is 4.79 Å². The predicted molar refractivity (Wildman–Crippen MR) is 81.0 cm³/mol. The summed E-state index contributed by atoms with van der Waals surface area (Å²) in [6.45, 7) is 4.23. The van der Waals surface area contributed by atoms with Gasteiger partial charge in [0, 0.05) is 12.8 Å². The SMILES string of the molecule is CCCCCCCCCCCCCCC(=O)CC. The number of rotatable bonds is 14. The minimum absolute atomic E-state index is 0.432. The molecule has 0 aromatic carbocycles. The van der Waals surface area contributed by atoms with E-state index in [9.17, 15) is 4.79 Å². The second kappa shape index (κ2) is 14.7. The smallest absolute Gasteiger partial charge is 0.132 e. The van der Waals surface area contributed by atoms with Crippen LogP contribution in [0.2, 0.25) is 0 Å². The Hall–Kier alpha value is -0.330. The number of carbonyl (C=O) groups is 1. The maximum atomic E-state index is 11.1. The molecule has 0 bridgehead atoms. The summed E-state index contributed by atoms with van der Waals surface area (Å²) in [5, 5.41) is 0. The largest absolute Gasteiger partial charge is 0.300 e. The summed E-state index contributed by atoms with van der Waals surface area (Å²) in [4.78, 5) is 11.1. The molecule has 0 amide bonds. The Morgan fingerprint density at radius 3 is 1.39 bits per heavy atom. The molecule has 1 nitrogen and oxygen atoms in total. The lowest BCUT2D eigenvalue weighted by Crippen LogP contribution is -1.94. The van der Waals surface area contributed by atoms with Crippen molar-refractivity contribution in [2.45, 2.75) is 104 Å². The third-order valence-corrected chi connectivity index (χ3v) is 3.70.